The lowest BCUT2D eigenvalue weighted by molar-refractivity contribution is -0.666. The molecule has 0 unspecified atom stereocenters. The first kappa shape index (κ1) is 6.02. The molecule has 0 aliphatic carbocycles. The fourth-order valence-electron chi connectivity index (χ4n) is 1.08. The Kier molecular flexibility index (Phi) is 1.52. The number of halogens is 1. The van der Waals surface area contributed by atoms with Crippen LogP contribution >= 0.6 is 0 Å². The van der Waals surface area contributed by atoms with Crippen LogP contribution in [0.25, 0.3) is 0 Å². The molecule has 1 heterocycles. The number of rotatable bonds is 0. The van der Waals surface area contributed by atoms with Crippen molar-refractivity contribution in [3.8, 4) is 0 Å². The fraction of sp³-hybridized carbons (Fsp3) is 1.00. The number of quaternary nitrogens is 1. The van der Waals surface area contributed by atoms with Crippen LogP contribution < -0.4 is 5.32 Å². The van der Waals surface area contributed by atoms with E-state index in [4.69, 9.17) is 0 Å². The van der Waals surface area contributed by atoms with Gasteiger partial charge in [-0.1, -0.05) is 0 Å². The van der Waals surface area contributed by atoms with Gasteiger partial charge in [0.05, 0.1) is 13.1 Å². The van der Waals surface area contributed by atoms with Gasteiger partial charge >= 0.3 is 0 Å². The zero-order valence-electron chi connectivity index (χ0n) is 5.28. The average molecular weight is 118 g/mol. The number of hydrogen-bond acceptors (Lipinski definition) is 0. The summed E-state index contributed by atoms with van der Waals surface area (Å²) in [6.45, 7) is 3.62. The molecule has 2 N–H and O–H groups in total. The Balaban J connectivity index is 2.33. The van der Waals surface area contributed by atoms with E-state index in [0.29, 0.717) is 0 Å². The highest BCUT2D eigenvalue weighted by atomic mass is 19.1. The molecule has 0 bridgehead atoms. The summed E-state index contributed by atoms with van der Waals surface area (Å²) in [5, 5.41) is 2.17. The number of piperidine rings is 1. The molecule has 2 heteroatoms. The van der Waals surface area contributed by atoms with Gasteiger partial charge in [0.15, 0.2) is 0 Å². The van der Waals surface area contributed by atoms with Crippen LogP contribution in [0.3, 0.4) is 0 Å². The van der Waals surface area contributed by atoms with Crippen molar-refractivity contribution >= 4 is 0 Å². The zero-order chi connectivity index (χ0) is 6.04. The van der Waals surface area contributed by atoms with Crippen molar-refractivity contribution in [1.82, 2.24) is 0 Å². The van der Waals surface area contributed by atoms with Crippen LogP contribution in [0.5, 0.6) is 0 Å². The molecule has 1 rings (SSSR count). The molecule has 0 amide bonds. The Morgan fingerprint density at radius 1 is 1.38 bits per heavy atom. The van der Waals surface area contributed by atoms with Gasteiger partial charge in [-0.05, 0) is 6.92 Å². The van der Waals surface area contributed by atoms with Gasteiger partial charge in [0.2, 0.25) is 0 Å². The van der Waals surface area contributed by atoms with E-state index in [1.165, 1.54) is 0 Å². The van der Waals surface area contributed by atoms with Gasteiger partial charge in [-0.3, -0.25) is 0 Å². The van der Waals surface area contributed by atoms with Gasteiger partial charge < -0.3 is 5.32 Å². The summed E-state index contributed by atoms with van der Waals surface area (Å²) in [6, 6.07) is 0. The second-order valence-electron chi connectivity index (χ2n) is 2.78. The SMILES string of the molecule is CC1(F)CC[NH2+]CC1. The van der Waals surface area contributed by atoms with Gasteiger partial charge in [-0.25, -0.2) is 4.39 Å². The van der Waals surface area contributed by atoms with Crippen LogP contribution in [0.1, 0.15) is 19.8 Å². The van der Waals surface area contributed by atoms with Gasteiger partial charge in [0, 0.05) is 12.8 Å². The van der Waals surface area contributed by atoms with Crippen molar-refractivity contribution in [1.29, 1.82) is 0 Å². The van der Waals surface area contributed by atoms with Crippen molar-refractivity contribution in [3.05, 3.63) is 0 Å². The third-order valence-corrected chi connectivity index (χ3v) is 1.74. The molecule has 1 aliphatic rings. The maximum absolute atomic E-state index is 12.9. The van der Waals surface area contributed by atoms with Gasteiger partial charge in [-0.2, -0.15) is 0 Å². The Labute approximate surface area is 49.3 Å². The van der Waals surface area contributed by atoms with E-state index in [1.807, 2.05) is 0 Å². The molecule has 0 aromatic carbocycles. The van der Waals surface area contributed by atoms with Gasteiger partial charge in [0.25, 0.3) is 0 Å². The Hall–Kier alpha value is -0.110. The van der Waals surface area contributed by atoms with Crippen LogP contribution in [-0.2, 0) is 0 Å². The van der Waals surface area contributed by atoms with Gasteiger partial charge in [-0.15, -0.1) is 0 Å². The van der Waals surface area contributed by atoms with Crippen molar-refractivity contribution in [3.63, 3.8) is 0 Å². The number of alkyl halides is 1. The van der Waals surface area contributed by atoms with E-state index in [-0.39, 0.29) is 0 Å². The molecule has 1 aliphatic heterocycles. The maximum Gasteiger partial charge on any atom is 0.119 e. The molecule has 1 saturated heterocycles. The summed E-state index contributed by atoms with van der Waals surface area (Å²) < 4.78 is 12.9. The van der Waals surface area contributed by atoms with E-state index in [9.17, 15) is 4.39 Å². The standard InChI is InChI=1S/C6H12FN/c1-6(7)2-4-8-5-3-6/h8H,2-5H2,1H3/p+1. The number of hydrogen-bond donors (Lipinski definition) is 1. The number of nitrogens with two attached hydrogens (primary N) is 1. The summed E-state index contributed by atoms with van der Waals surface area (Å²) in [5.41, 5.74) is -0.852. The monoisotopic (exact) mass is 118 g/mol. The topological polar surface area (TPSA) is 16.6 Å². The molecule has 0 atom stereocenters. The molecular formula is C6H13FN+. The van der Waals surface area contributed by atoms with Crippen molar-refractivity contribution in [2.75, 3.05) is 13.1 Å². The average Bonchev–Trinajstić information content (AvgIpc) is 1.65. The van der Waals surface area contributed by atoms with E-state index in [1.54, 1.807) is 6.92 Å². The van der Waals surface area contributed by atoms with Crippen LogP contribution in [0.4, 0.5) is 4.39 Å². The summed E-state index contributed by atoms with van der Waals surface area (Å²) in [7, 11) is 0. The van der Waals surface area contributed by atoms with Crippen molar-refractivity contribution in [2.24, 2.45) is 0 Å². The first-order valence-electron chi connectivity index (χ1n) is 3.21. The molecule has 1 nitrogen and oxygen atoms in total. The molecule has 8 heavy (non-hydrogen) atoms. The van der Waals surface area contributed by atoms with Crippen LogP contribution in [-0.4, -0.2) is 18.8 Å². The van der Waals surface area contributed by atoms with Crippen LogP contribution in [0.2, 0.25) is 0 Å². The smallest absolute Gasteiger partial charge is 0.119 e. The fourth-order valence-corrected chi connectivity index (χ4v) is 1.08. The van der Waals surface area contributed by atoms with E-state index < -0.39 is 5.67 Å². The lowest BCUT2D eigenvalue weighted by Gasteiger charge is -2.22. The minimum atomic E-state index is -0.852. The molecule has 1 fully saturated rings. The Morgan fingerprint density at radius 3 is 2.12 bits per heavy atom. The highest BCUT2D eigenvalue weighted by Crippen LogP contribution is 2.18. The highest BCUT2D eigenvalue weighted by Gasteiger charge is 2.27. The van der Waals surface area contributed by atoms with Crippen LogP contribution in [0, 0.1) is 0 Å². The molecule has 0 aromatic rings. The molecule has 0 spiro atoms. The Morgan fingerprint density at radius 2 is 1.88 bits per heavy atom. The van der Waals surface area contributed by atoms with Crippen molar-refractivity contribution < 1.29 is 9.71 Å². The second-order valence-corrected chi connectivity index (χ2v) is 2.78. The van der Waals surface area contributed by atoms with E-state index in [0.717, 1.165) is 25.9 Å². The minimum Gasteiger partial charge on any atom is -0.346 e. The molecule has 0 saturated carbocycles. The molecule has 0 aromatic heterocycles. The third-order valence-electron chi connectivity index (χ3n) is 1.74. The lowest BCUT2D eigenvalue weighted by Crippen LogP contribution is -2.87. The summed E-state index contributed by atoms with van der Waals surface area (Å²) in [5.74, 6) is 0. The normalized spacial score (nSPS) is 27.8. The van der Waals surface area contributed by atoms with E-state index >= 15 is 0 Å². The zero-order valence-corrected chi connectivity index (χ0v) is 5.28. The predicted molar refractivity (Wildman–Crippen MR) is 30.4 cm³/mol. The Bertz CT molecular complexity index is 72.6. The largest absolute Gasteiger partial charge is 0.346 e. The van der Waals surface area contributed by atoms with E-state index in [2.05, 4.69) is 5.32 Å². The third kappa shape index (κ3) is 1.44. The molecule has 48 valence electrons. The minimum absolute atomic E-state index is 0.729. The van der Waals surface area contributed by atoms with Crippen LogP contribution in [0.15, 0.2) is 0 Å². The first-order valence-corrected chi connectivity index (χ1v) is 3.21. The van der Waals surface area contributed by atoms with Gasteiger partial charge in [0.1, 0.15) is 5.67 Å². The predicted octanol–water partition coefficient (Wildman–Crippen LogP) is 0.0718. The second kappa shape index (κ2) is 2.02. The van der Waals surface area contributed by atoms with Crippen molar-refractivity contribution in [2.45, 2.75) is 25.4 Å². The lowest BCUT2D eigenvalue weighted by atomic mass is 9.97. The quantitative estimate of drug-likeness (QED) is 0.463. The summed E-state index contributed by atoms with van der Waals surface area (Å²) >= 11 is 0. The first-order chi connectivity index (χ1) is 3.71. The highest BCUT2D eigenvalue weighted by molar-refractivity contribution is 4.73. The molecular weight excluding hydrogens is 105 g/mol. The maximum atomic E-state index is 12.9. The molecule has 0 radical (unpaired) electrons. The summed E-state index contributed by atoms with van der Waals surface area (Å²) in [6.07, 6.45) is 1.46. The summed E-state index contributed by atoms with van der Waals surface area (Å²) in [4.78, 5) is 0.